The summed E-state index contributed by atoms with van der Waals surface area (Å²) in [5.41, 5.74) is 8.51. The number of halogens is 1. The maximum atomic E-state index is 12.4. The van der Waals surface area contributed by atoms with E-state index in [1.54, 1.807) is 0 Å². The number of rotatable bonds is 4. The van der Waals surface area contributed by atoms with Gasteiger partial charge in [-0.15, -0.1) is 0 Å². The number of anilines is 1. The molecule has 0 bridgehead atoms. The monoisotopic (exact) mass is 332 g/mol. The summed E-state index contributed by atoms with van der Waals surface area (Å²) in [5, 5.41) is 2.95. The summed E-state index contributed by atoms with van der Waals surface area (Å²) in [6.45, 7) is 2.24. The average Bonchev–Trinajstić information content (AvgIpc) is 2.44. The van der Waals surface area contributed by atoms with E-state index in [4.69, 9.17) is 5.73 Å². The van der Waals surface area contributed by atoms with Crippen LogP contribution in [0.15, 0.2) is 53.0 Å². The fourth-order valence-corrected chi connectivity index (χ4v) is 2.54. The molecule has 0 saturated heterocycles. The molecular weight excluding hydrogens is 316 g/mol. The summed E-state index contributed by atoms with van der Waals surface area (Å²) in [6.07, 6.45) is 0. The predicted octanol–water partition coefficient (Wildman–Crippen LogP) is 3.44. The number of carbonyl (C=O) groups is 1. The molecule has 20 heavy (non-hydrogen) atoms. The lowest BCUT2D eigenvalue weighted by molar-refractivity contribution is -0.117. The van der Waals surface area contributed by atoms with Crippen molar-refractivity contribution in [3.05, 3.63) is 64.1 Å². The van der Waals surface area contributed by atoms with Crippen molar-refractivity contribution in [2.45, 2.75) is 12.8 Å². The second-order valence-corrected chi connectivity index (χ2v) is 5.56. The smallest absolute Gasteiger partial charge is 0.233 e. The van der Waals surface area contributed by atoms with Gasteiger partial charge in [-0.25, -0.2) is 0 Å². The molecule has 0 spiro atoms. The van der Waals surface area contributed by atoms with E-state index in [-0.39, 0.29) is 18.4 Å². The largest absolute Gasteiger partial charge is 0.329 e. The first kappa shape index (κ1) is 14.8. The topological polar surface area (TPSA) is 55.1 Å². The van der Waals surface area contributed by atoms with Gasteiger partial charge in [-0.3, -0.25) is 4.79 Å². The minimum Gasteiger partial charge on any atom is -0.329 e. The Morgan fingerprint density at radius 2 is 1.95 bits per heavy atom. The fraction of sp³-hybridized carbons (Fsp3) is 0.188. The average molecular weight is 333 g/mol. The van der Waals surface area contributed by atoms with Crippen molar-refractivity contribution < 1.29 is 4.79 Å². The van der Waals surface area contributed by atoms with Crippen molar-refractivity contribution in [3.63, 3.8) is 0 Å². The molecule has 0 heterocycles. The van der Waals surface area contributed by atoms with Crippen LogP contribution in [0.5, 0.6) is 0 Å². The molecule has 3 nitrogen and oxygen atoms in total. The van der Waals surface area contributed by atoms with Gasteiger partial charge in [0.1, 0.15) is 0 Å². The van der Waals surface area contributed by atoms with Crippen LogP contribution in [0.25, 0.3) is 0 Å². The summed E-state index contributed by atoms with van der Waals surface area (Å²) < 4.78 is 0.992. The molecule has 0 aromatic heterocycles. The van der Waals surface area contributed by atoms with Crippen molar-refractivity contribution in [1.82, 2.24) is 0 Å². The number of amides is 1. The maximum Gasteiger partial charge on any atom is 0.233 e. The van der Waals surface area contributed by atoms with Crippen LogP contribution in [0.2, 0.25) is 0 Å². The Morgan fingerprint density at radius 3 is 2.55 bits per heavy atom. The molecular formula is C16H17BrN2O. The number of nitrogens with one attached hydrogen (secondary N) is 1. The number of nitrogens with two attached hydrogens (primary N) is 1. The highest BCUT2D eigenvalue weighted by atomic mass is 79.9. The first-order valence-electron chi connectivity index (χ1n) is 6.44. The molecule has 2 rings (SSSR count). The fourth-order valence-electron chi connectivity index (χ4n) is 2.07. The molecule has 1 amide bonds. The Kier molecular flexibility index (Phi) is 4.93. The van der Waals surface area contributed by atoms with Crippen LogP contribution in [0.1, 0.15) is 17.0 Å². The molecule has 0 aliphatic rings. The van der Waals surface area contributed by atoms with Crippen molar-refractivity contribution in [1.29, 1.82) is 0 Å². The number of benzene rings is 2. The third-order valence-electron chi connectivity index (χ3n) is 3.20. The quantitative estimate of drug-likeness (QED) is 0.901. The van der Waals surface area contributed by atoms with E-state index in [2.05, 4.69) is 21.2 Å². The first-order chi connectivity index (χ1) is 9.61. The zero-order chi connectivity index (χ0) is 14.5. The standard InChI is InChI=1S/C16H17BrN2O/c1-11-9-13(17)7-8-15(11)19-16(20)14(10-18)12-5-3-2-4-6-12/h2-9,14H,10,18H2,1H3,(H,19,20). The molecule has 2 aromatic rings. The van der Waals surface area contributed by atoms with Crippen molar-refractivity contribution in [3.8, 4) is 0 Å². The lowest BCUT2D eigenvalue weighted by Crippen LogP contribution is -2.27. The zero-order valence-electron chi connectivity index (χ0n) is 11.3. The van der Waals surface area contributed by atoms with Gasteiger partial charge in [0.05, 0.1) is 5.92 Å². The Labute approximate surface area is 127 Å². The van der Waals surface area contributed by atoms with E-state index >= 15 is 0 Å². The predicted molar refractivity (Wildman–Crippen MR) is 85.7 cm³/mol. The second kappa shape index (κ2) is 6.68. The Balaban J connectivity index is 2.18. The van der Waals surface area contributed by atoms with E-state index in [0.29, 0.717) is 0 Å². The van der Waals surface area contributed by atoms with Crippen LogP contribution in [0.4, 0.5) is 5.69 Å². The van der Waals surface area contributed by atoms with E-state index in [9.17, 15) is 4.79 Å². The molecule has 1 unspecified atom stereocenters. The minimum atomic E-state index is -0.334. The highest BCUT2D eigenvalue weighted by molar-refractivity contribution is 9.10. The molecule has 1 atom stereocenters. The van der Waals surface area contributed by atoms with Gasteiger partial charge in [0.25, 0.3) is 0 Å². The van der Waals surface area contributed by atoms with Gasteiger partial charge < -0.3 is 11.1 Å². The SMILES string of the molecule is Cc1cc(Br)ccc1NC(=O)C(CN)c1ccccc1. The first-order valence-corrected chi connectivity index (χ1v) is 7.23. The molecule has 3 N–H and O–H groups in total. The third-order valence-corrected chi connectivity index (χ3v) is 3.69. The van der Waals surface area contributed by atoms with Crippen LogP contribution in [0, 0.1) is 6.92 Å². The summed E-state index contributed by atoms with van der Waals surface area (Å²) in [5.74, 6) is -0.414. The summed E-state index contributed by atoms with van der Waals surface area (Å²) in [6, 6.07) is 15.4. The highest BCUT2D eigenvalue weighted by Crippen LogP contribution is 2.22. The van der Waals surface area contributed by atoms with Crippen molar-refractivity contribution >= 4 is 27.5 Å². The second-order valence-electron chi connectivity index (χ2n) is 4.65. The molecule has 104 valence electrons. The van der Waals surface area contributed by atoms with Crippen LogP contribution >= 0.6 is 15.9 Å². The third kappa shape index (κ3) is 3.46. The van der Waals surface area contributed by atoms with E-state index in [1.807, 2.05) is 55.5 Å². The number of hydrogen-bond donors (Lipinski definition) is 2. The Hall–Kier alpha value is -1.65. The van der Waals surface area contributed by atoms with E-state index in [0.717, 1.165) is 21.3 Å². The van der Waals surface area contributed by atoms with Crippen molar-refractivity contribution in [2.24, 2.45) is 5.73 Å². The molecule has 4 heteroatoms. The van der Waals surface area contributed by atoms with Crippen LogP contribution in [0.3, 0.4) is 0 Å². The van der Waals surface area contributed by atoms with Gasteiger partial charge >= 0.3 is 0 Å². The van der Waals surface area contributed by atoms with E-state index in [1.165, 1.54) is 0 Å². The number of aryl methyl sites for hydroxylation is 1. The molecule has 2 aromatic carbocycles. The Bertz CT molecular complexity index is 599. The summed E-state index contributed by atoms with van der Waals surface area (Å²) in [4.78, 5) is 12.4. The number of carbonyl (C=O) groups excluding carboxylic acids is 1. The van der Waals surface area contributed by atoms with Gasteiger partial charge in [-0.1, -0.05) is 46.3 Å². The van der Waals surface area contributed by atoms with Crippen LogP contribution in [-0.2, 0) is 4.79 Å². The molecule has 0 aliphatic heterocycles. The molecule has 0 saturated carbocycles. The lowest BCUT2D eigenvalue weighted by atomic mass is 9.98. The van der Waals surface area contributed by atoms with Gasteiger partial charge in [-0.05, 0) is 36.2 Å². The highest BCUT2D eigenvalue weighted by Gasteiger charge is 2.19. The zero-order valence-corrected chi connectivity index (χ0v) is 12.9. The van der Waals surface area contributed by atoms with Crippen molar-refractivity contribution in [2.75, 3.05) is 11.9 Å². The van der Waals surface area contributed by atoms with E-state index < -0.39 is 0 Å². The summed E-state index contributed by atoms with van der Waals surface area (Å²) in [7, 11) is 0. The van der Waals surface area contributed by atoms with Crippen LogP contribution < -0.4 is 11.1 Å². The lowest BCUT2D eigenvalue weighted by Gasteiger charge is -2.16. The summed E-state index contributed by atoms with van der Waals surface area (Å²) >= 11 is 3.41. The van der Waals surface area contributed by atoms with Gasteiger partial charge in [-0.2, -0.15) is 0 Å². The normalized spacial score (nSPS) is 11.9. The van der Waals surface area contributed by atoms with Gasteiger partial charge in [0.15, 0.2) is 0 Å². The molecule has 0 fully saturated rings. The maximum absolute atomic E-state index is 12.4. The van der Waals surface area contributed by atoms with Gasteiger partial charge in [0.2, 0.25) is 5.91 Å². The molecule has 0 aliphatic carbocycles. The number of hydrogen-bond acceptors (Lipinski definition) is 2. The Morgan fingerprint density at radius 1 is 1.25 bits per heavy atom. The molecule has 0 radical (unpaired) electrons. The van der Waals surface area contributed by atoms with Gasteiger partial charge in [0, 0.05) is 16.7 Å². The van der Waals surface area contributed by atoms with Crippen LogP contribution in [-0.4, -0.2) is 12.5 Å². The minimum absolute atomic E-state index is 0.0795.